The second kappa shape index (κ2) is 8.24. The normalized spacial score (nSPS) is 10.6. The van der Waals surface area contributed by atoms with Crippen LogP contribution in [0.3, 0.4) is 0 Å². The average Bonchev–Trinajstić information content (AvgIpc) is 2.61. The van der Waals surface area contributed by atoms with E-state index in [0.29, 0.717) is 17.2 Å². The summed E-state index contributed by atoms with van der Waals surface area (Å²) < 4.78 is 16.0. The molecule has 5 nitrogen and oxygen atoms in total. The van der Waals surface area contributed by atoms with Crippen molar-refractivity contribution in [1.82, 2.24) is 0 Å². The maximum atomic E-state index is 12.2. The second-order valence-corrected chi connectivity index (χ2v) is 5.55. The Morgan fingerprint density at radius 2 is 1.64 bits per heavy atom. The number of hydrogen-bond donors (Lipinski definition) is 1. The number of benzene rings is 2. The molecule has 0 atom stereocenters. The van der Waals surface area contributed by atoms with Crippen molar-refractivity contribution in [3.8, 4) is 17.2 Å². The molecule has 0 aliphatic heterocycles. The minimum Gasteiger partial charge on any atom is -0.493 e. The second-order valence-electron chi connectivity index (χ2n) is 5.55. The van der Waals surface area contributed by atoms with E-state index in [9.17, 15) is 4.79 Å². The summed E-state index contributed by atoms with van der Waals surface area (Å²) in [4.78, 5) is 12.2. The van der Waals surface area contributed by atoms with Crippen LogP contribution in [0.1, 0.15) is 16.7 Å². The predicted octanol–water partition coefficient (Wildman–Crippen LogP) is 3.98. The van der Waals surface area contributed by atoms with Gasteiger partial charge in [-0.1, -0.05) is 6.07 Å². The summed E-state index contributed by atoms with van der Waals surface area (Å²) in [7, 11) is 4.65. The van der Waals surface area contributed by atoms with E-state index in [4.69, 9.17) is 14.2 Å². The highest BCUT2D eigenvalue weighted by Gasteiger charge is 2.14. The summed E-state index contributed by atoms with van der Waals surface area (Å²) in [6.07, 6.45) is 3.14. The van der Waals surface area contributed by atoms with E-state index in [-0.39, 0.29) is 5.91 Å². The number of aryl methyl sites for hydroxylation is 2. The molecule has 2 aromatic carbocycles. The summed E-state index contributed by atoms with van der Waals surface area (Å²) in [6.45, 7) is 4.04. The molecule has 0 aliphatic rings. The van der Waals surface area contributed by atoms with Gasteiger partial charge in [0.1, 0.15) is 0 Å². The monoisotopic (exact) mass is 341 g/mol. The Morgan fingerprint density at radius 1 is 0.920 bits per heavy atom. The molecule has 25 heavy (non-hydrogen) atoms. The molecule has 2 aromatic rings. The van der Waals surface area contributed by atoms with Crippen molar-refractivity contribution in [2.24, 2.45) is 0 Å². The zero-order valence-electron chi connectivity index (χ0n) is 15.2. The van der Waals surface area contributed by atoms with Crippen LogP contribution in [0.25, 0.3) is 6.08 Å². The number of carbonyl (C=O) groups is 1. The third-order valence-electron chi connectivity index (χ3n) is 3.92. The number of ether oxygens (including phenoxy) is 3. The van der Waals surface area contributed by atoms with Crippen molar-refractivity contribution in [3.05, 3.63) is 53.1 Å². The van der Waals surface area contributed by atoms with Crippen LogP contribution in [0.2, 0.25) is 0 Å². The maximum Gasteiger partial charge on any atom is 0.248 e. The Kier molecular flexibility index (Phi) is 6.06. The first kappa shape index (κ1) is 18.4. The van der Waals surface area contributed by atoms with Crippen molar-refractivity contribution in [3.63, 3.8) is 0 Å². The Labute approximate surface area is 148 Å². The minimum absolute atomic E-state index is 0.222. The molecule has 2 rings (SSSR count). The summed E-state index contributed by atoms with van der Waals surface area (Å²) in [6, 6.07) is 9.37. The fourth-order valence-corrected chi connectivity index (χ4v) is 2.42. The number of rotatable bonds is 6. The molecule has 0 heterocycles. The van der Waals surface area contributed by atoms with E-state index < -0.39 is 0 Å². The molecule has 1 amide bonds. The Hall–Kier alpha value is -2.95. The molecule has 1 N–H and O–H groups in total. The molecule has 0 saturated heterocycles. The number of methoxy groups -OCH3 is 3. The van der Waals surface area contributed by atoms with E-state index >= 15 is 0 Å². The van der Waals surface area contributed by atoms with E-state index in [1.165, 1.54) is 11.6 Å². The van der Waals surface area contributed by atoms with Gasteiger partial charge in [0.05, 0.1) is 21.3 Å². The molecular weight excluding hydrogens is 318 g/mol. The minimum atomic E-state index is -0.222. The van der Waals surface area contributed by atoms with Crippen LogP contribution in [0, 0.1) is 13.8 Å². The fraction of sp³-hybridized carbons (Fsp3) is 0.250. The number of carbonyl (C=O) groups excluding carboxylic acids is 1. The van der Waals surface area contributed by atoms with Crippen molar-refractivity contribution in [1.29, 1.82) is 0 Å². The first-order valence-corrected chi connectivity index (χ1v) is 7.85. The van der Waals surface area contributed by atoms with E-state index in [1.807, 2.05) is 32.0 Å². The van der Waals surface area contributed by atoms with E-state index in [1.54, 1.807) is 39.5 Å². The summed E-state index contributed by atoms with van der Waals surface area (Å²) >= 11 is 0. The van der Waals surface area contributed by atoms with Crippen molar-refractivity contribution in [2.45, 2.75) is 13.8 Å². The van der Waals surface area contributed by atoms with Gasteiger partial charge in [-0.15, -0.1) is 0 Å². The smallest absolute Gasteiger partial charge is 0.248 e. The molecule has 0 bridgehead atoms. The molecule has 5 heteroatoms. The molecule has 0 fully saturated rings. The van der Waals surface area contributed by atoms with Crippen LogP contribution in [-0.4, -0.2) is 27.2 Å². The molecular formula is C20H23NO4. The van der Waals surface area contributed by atoms with Gasteiger partial charge in [0.25, 0.3) is 0 Å². The van der Waals surface area contributed by atoms with Crippen LogP contribution in [-0.2, 0) is 4.79 Å². The third kappa shape index (κ3) is 4.32. The quantitative estimate of drug-likeness (QED) is 0.808. The van der Waals surface area contributed by atoms with Crippen molar-refractivity contribution < 1.29 is 19.0 Å². The standard InChI is InChI=1S/C20H23NO4/c1-13-6-9-16(12-14(13)2)21-18(22)11-8-15-7-10-17(23-3)20(25-5)19(15)24-4/h6-12H,1-5H3,(H,21,22)/b11-8+. The fourth-order valence-electron chi connectivity index (χ4n) is 2.42. The zero-order valence-corrected chi connectivity index (χ0v) is 15.2. The maximum absolute atomic E-state index is 12.2. The van der Waals surface area contributed by atoms with Gasteiger partial charge < -0.3 is 19.5 Å². The average molecular weight is 341 g/mol. The van der Waals surface area contributed by atoms with Crippen molar-refractivity contribution in [2.75, 3.05) is 26.6 Å². The van der Waals surface area contributed by atoms with Gasteiger partial charge in [0, 0.05) is 17.3 Å². The third-order valence-corrected chi connectivity index (χ3v) is 3.92. The molecule has 132 valence electrons. The largest absolute Gasteiger partial charge is 0.493 e. The van der Waals surface area contributed by atoms with Crippen LogP contribution in [0.15, 0.2) is 36.4 Å². The number of anilines is 1. The number of hydrogen-bond acceptors (Lipinski definition) is 4. The zero-order chi connectivity index (χ0) is 18.4. The number of nitrogens with one attached hydrogen (secondary N) is 1. The Morgan fingerprint density at radius 3 is 2.24 bits per heavy atom. The molecule has 0 spiro atoms. The van der Waals surface area contributed by atoms with Gasteiger partial charge in [-0.25, -0.2) is 0 Å². The van der Waals surface area contributed by atoms with Gasteiger partial charge in [-0.05, 0) is 55.3 Å². The molecule has 0 saturated carbocycles. The summed E-state index contributed by atoms with van der Waals surface area (Å²) in [5, 5.41) is 2.85. The van der Waals surface area contributed by atoms with Gasteiger partial charge in [-0.2, -0.15) is 0 Å². The Balaban J connectivity index is 2.20. The highest BCUT2D eigenvalue weighted by Crippen LogP contribution is 2.40. The lowest BCUT2D eigenvalue weighted by molar-refractivity contribution is -0.111. The summed E-state index contributed by atoms with van der Waals surface area (Å²) in [5.74, 6) is 1.34. The predicted molar refractivity (Wildman–Crippen MR) is 99.7 cm³/mol. The number of amides is 1. The van der Waals surface area contributed by atoms with Gasteiger partial charge >= 0.3 is 0 Å². The van der Waals surface area contributed by atoms with Gasteiger partial charge in [0.2, 0.25) is 11.7 Å². The lowest BCUT2D eigenvalue weighted by Gasteiger charge is -2.14. The van der Waals surface area contributed by atoms with Gasteiger partial charge in [0.15, 0.2) is 11.5 Å². The Bertz CT molecular complexity index is 797. The molecule has 0 unspecified atom stereocenters. The molecule has 0 aliphatic carbocycles. The molecule has 0 radical (unpaired) electrons. The topological polar surface area (TPSA) is 56.8 Å². The van der Waals surface area contributed by atoms with Crippen LogP contribution in [0.5, 0.6) is 17.2 Å². The van der Waals surface area contributed by atoms with Gasteiger partial charge in [-0.3, -0.25) is 4.79 Å². The van der Waals surface area contributed by atoms with E-state index in [2.05, 4.69) is 5.32 Å². The van der Waals surface area contributed by atoms with E-state index in [0.717, 1.165) is 16.8 Å². The lowest BCUT2D eigenvalue weighted by Crippen LogP contribution is -2.08. The molecule has 0 aromatic heterocycles. The first-order chi connectivity index (χ1) is 12.0. The SMILES string of the molecule is COc1ccc(/C=C/C(=O)Nc2ccc(C)c(C)c2)c(OC)c1OC. The van der Waals surface area contributed by atoms with Crippen LogP contribution < -0.4 is 19.5 Å². The van der Waals surface area contributed by atoms with Crippen LogP contribution in [0.4, 0.5) is 5.69 Å². The van der Waals surface area contributed by atoms with Crippen LogP contribution >= 0.6 is 0 Å². The highest BCUT2D eigenvalue weighted by atomic mass is 16.5. The van der Waals surface area contributed by atoms with Crippen molar-refractivity contribution >= 4 is 17.7 Å². The highest BCUT2D eigenvalue weighted by molar-refractivity contribution is 6.02. The first-order valence-electron chi connectivity index (χ1n) is 7.85. The lowest BCUT2D eigenvalue weighted by atomic mass is 10.1. The summed E-state index contributed by atoms with van der Waals surface area (Å²) in [5.41, 5.74) is 3.79.